The Balaban J connectivity index is 2.09. The van der Waals surface area contributed by atoms with Crippen molar-refractivity contribution in [1.82, 2.24) is 9.88 Å². The van der Waals surface area contributed by atoms with Crippen molar-refractivity contribution in [2.75, 3.05) is 5.73 Å². The van der Waals surface area contributed by atoms with Crippen LogP contribution in [0.4, 0.5) is 5.82 Å². The Labute approximate surface area is 145 Å². The second-order valence-corrected chi connectivity index (χ2v) is 6.16. The Hall–Kier alpha value is -3.68. The first-order valence-electron chi connectivity index (χ1n) is 7.74. The van der Waals surface area contributed by atoms with Crippen LogP contribution in [0.25, 0.3) is 16.7 Å². The highest BCUT2D eigenvalue weighted by Crippen LogP contribution is 2.27. The van der Waals surface area contributed by atoms with Gasteiger partial charge in [0.25, 0.3) is 17.4 Å². The van der Waals surface area contributed by atoms with Crippen molar-refractivity contribution in [2.45, 2.75) is 13.8 Å². The third kappa shape index (κ3) is 2.08. The zero-order chi connectivity index (χ0) is 18.7. The quantitative estimate of drug-likeness (QED) is 0.498. The standard InChI is InChI=1S/C18H13N3O5/c1-7-4-14(23)26-12-3-8(2)11(5-9(7)12)21-13(22)6-10-15(16(21)19)18(25)20-17(10)24/h3-6H,19H2,1-2H3,(H,20,24,25). The summed E-state index contributed by atoms with van der Waals surface area (Å²) in [6, 6.07) is 5.74. The Kier molecular flexibility index (Phi) is 3.14. The maximum atomic E-state index is 12.6. The third-order valence-electron chi connectivity index (χ3n) is 4.46. The van der Waals surface area contributed by atoms with Crippen molar-refractivity contribution in [3.63, 3.8) is 0 Å². The zero-order valence-electron chi connectivity index (χ0n) is 13.9. The van der Waals surface area contributed by atoms with Crippen molar-refractivity contribution < 1.29 is 14.0 Å². The molecule has 2 aromatic heterocycles. The van der Waals surface area contributed by atoms with E-state index >= 15 is 0 Å². The minimum absolute atomic E-state index is 0.0228. The van der Waals surface area contributed by atoms with Crippen molar-refractivity contribution in [3.8, 4) is 5.69 Å². The van der Waals surface area contributed by atoms with E-state index in [0.717, 1.165) is 6.07 Å². The van der Waals surface area contributed by atoms with Gasteiger partial charge in [-0.25, -0.2) is 4.79 Å². The lowest BCUT2D eigenvalue weighted by Gasteiger charge is -2.15. The van der Waals surface area contributed by atoms with Crippen LogP contribution in [0.2, 0.25) is 0 Å². The molecule has 2 amide bonds. The van der Waals surface area contributed by atoms with Gasteiger partial charge in [0.05, 0.1) is 16.8 Å². The first kappa shape index (κ1) is 15.8. The number of rotatable bonds is 1. The van der Waals surface area contributed by atoms with Crippen LogP contribution >= 0.6 is 0 Å². The number of imide groups is 1. The van der Waals surface area contributed by atoms with E-state index in [1.165, 1.54) is 10.6 Å². The SMILES string of the molecule is Cc1cc2oc(=O)cc(C)c2cc1-n1c(N)c2c(cc1=O)C(=O)NC2=O. The number of hydrogen-bond donors (Lipinski definition) is 2. The molecular formula is C18H13N3O5. The van der Waals surface area contributed by atoms with Crippen LogP contribution in [0, 0.1) is 13.8 Å². The van der Waals surface area contributed by atoms with Gasteiger partial charge in [-0.3, -0.25) is 24.3 Å². The van der Waals surface area contributed by atoms with Gasteiger partial charge in [-0.2, -0.15) is 0 Å². The van der Waals surface area contributed by atoms with E-state index in [1.807, 2.05) is 0 Å². The number of carbonyl (C=O) groups is 2. The number of nitrogens with two attached hydrogens (primary N) is 1. The summed E-state index contributed by atoms with van der Waals surface area (Å²) in [7, 11) is 0. The van der Waals surface area contributed by atoms with Crippen molar-refractivity contribution >= 4 is 28.6 Å². The largest absolute Gasteiger partial charge is 0.423 e. The van der Waals surface area contributed by atoms with E-state index in [4.69, 9.17) is 10.2 Å². The van der Waals surface area contributed by atoms with Gasteiger partial charge in [0.15, 0.2) is 0 Å². The summed E-state index contributed by atoms with van der Waals surface area (Å²) in [6.45, 7) is 3.47. The van der Waals surface area contributed by atoms with Gasteiger partial charge >= 0.3 is 5.63 Å². The molecule has 26 heavy (non-hydrogen) atoms. The molecular weight excluding hydrogens is 338 g/mol. The van der Waals surface area contributed by atoms with Crippen molar-refractivity contribution in [2.24, 2.45) is 0 Å². The average Bonchev–Trinajstić information content (AvgIpc) is 2.82. The number of nitrogens with one attached hydrogen (secondary N) is 1. The van der Waals surface area contributed by atoms with Gasteiger partial charge in [-0.05, 0) is 37.1 Å². The summed E-state index contributed by atoms with van der Waals surface area (Å²) < 4.78 is 6.37. The molecule has 3 N–H and O–H groups in total. The zero-order valence-corrected chi connectivity index (χ0v) is 13.9. The molecule has 130 valence electrons. The Morgan fingerprint density at radius 2 is 1.69 bits per heavy atom. The molecule has 0 aliphatic carbocycles. The number of amides is 2. The Morgan fingerprint density at radius 1 is 0.962 bits per heavy atom. The molecule has 0 saturated carbocycles. The number of nitrogen functional groups attached to an aromatic ring is 1. The van der Waals surface area contributed by atoms with Crippen LogP contribution < -0.4 is 22.2 Å². The molecule has 0 fully saturated rings. The fourth-order valence-electron chi connectivity index (χ4n) is 3.22. The van der Waals surface area contributed by atoms with Crippen LogP contribution in [0.3, 0.4) is 0 Å². The van der Waals surface area contributed by atoms with Crippen molar-refractivity contribution in [3.05, 3.63) is 67.3 Å². The summed E-state index contributed by atoms with van der Waals surface area (Å²) in [5, 5.41) is 2.77. The molecule has 0 radical (unpaired) electrons. The lowest BCUT2D eigenvalue weighted by molar-refractivity contribution is 0.0880. The molecule has 1 aliphatic heterocycles. The normalized spacial score (nSPS) is 13.2. The minimum atomic E-state index is -0.645. The molecule has 0 unspecified atom stereocenters. The molecule has 1 aliphatic rings. The first-order valence-corrected chi connectivity index (χ1v) is 7.74. The number of aryl methyl sites for hydroxylation is 2. The summed E-state index contributed by atoms with van der Waals surface area (Å²) in [4.78, 5) is 47.9. The molecule has 8 heteroatoms. The predicted molar refractivity (Wildman–Crippen MR) is 93.8 cm³/mol. The Bertz CT molecular complexity index is 1270. The average molecular weight is 351 g/mol. The Morgan fingerprint density at radius 3 is 2.42 bits per heavy atom. The van der Waals surface area contributed by atoms with Crippen LogP contribution in [-0.2, 0) is 0 Å². The topological polar surface area (TPSA) is 124 Å². The van der Waals surface area contributed by atoms with E-state index in [-0.39, 0.29) is 16.9 Å². The molecule has 3 aromatic rings. The smallest absolute Gasteiger partial charge is 0.336 e. The second-order valence-electron chi connectivity index (χ2n) is 6.16. The van der Waals surface area contributed by atoms with Gasteiger partial charge in [-0.15, -0.1) is 0 Å². The fourth-order valence-corrected chi connectivity index (χ4v) is 3.22. The molecule has 4 rings (SSSR count). The number of carbonyl (C=O) groups excluding carboxylic acids is 2. The molecule has 3 heterocycles. The number of aromatic nitrogens is 1. The molecule has 1 aromatic carbocycles. The highest BCUT2D eigenvalue weighted by molar-refractivity contribution is 6.23. The highest BCUT2D eigenvalue weighted by atomic mass is 16.4. The predicted octanol–water partition coefficient (Wildman–Crippen LogP) is 1.03. The van der Waals surface area contributed by atoms with E-state index in [0.29, 0.717) is 27.8 Å². The van der Waals surface area contributed by atoms with E-state index < -0.39 is 23.0 Å². The monoisotopic (exact) mass is 351 g/mol. The van der Waals surface area contributed by atoms with Gasteiger partial charge in [0.2, 0.25) is 0 Å². The van der Waals surface area contributed by atoms with Crippen molar-refractivity contribution in [1.29, 1.82) is 0 Å². The summed E-state index contributed by atoms with van der Waals surface area (Å²) in [6.07, 6.45) is 0. The van der Waals surface area contributed by atoms with E-state index in [2.05, 4.69) is 5.32 Å². The number of nitrogens with zero attached hydrogens (tertiary/aromatic N) is 1. The van der Waals surface area contributed by atoms with Crippen LogP contribution in [0.5, 0.6) is 0 Å². The van der Waals surface area contributed by atoms with Crippen LogP contribution in [0.1, 0.15) is 31.8 Å². The molecule has 0 bridgehead atoms. The number of pyridine rings is 1. The van der Waals surface area contributed by atoms with Gasteiger partial charge < -0.3 is 10.2 Å². The lowest BCUT2D eigenvalue weighted by Crippen LogP contribution is -2.24. The summed E-state index contributed by atoms with van der Waals surface area (Å²) in [5.41, 5.74) is 7.13. The molecule has 0 saturated heterocycles. The number of hydrogen-bond acceptors (Lipinski definition) is 6. The molecule has 0 spiro atoms. The number of benzene rings is 1. The molecule has 0 atom stereocenters. The maximum absolute atomic E-state index is 12.6. The fraction of sp³-hybridized carbons (Fsp3) is 0.111. The summed E-state index contributed by atoms with van der Waals surface area (Å²) >= 11 is 0. The lowest BCUT2D eigenvalue weighted by atomic mass is 10.1. The number of fused-ring (bicyclic) bond motifs is 2. The highest BCUT2D eigenvalue weighted by Gasteiger charge is 2.32. The van der Waals surface area contributed by atoms with Crippen LogP contribution in [-0.4, -0.2) is 16.4 Å². The molecule has 8 nitrogen and oxygen atoms in total. The van der Waals surface area contributed by atoms with Crippen LogP contribution in [0.15, 0.2) is 38.3 Å². The van der Waals surface area contributed by atoms with E-state index in [1.54, 1.807) is 26.0 Å². The minimum Gasteiger partial charge on any atom is -0.423 e. The maximum Gasteiger partial charge on any atom is 0.336 e. The van der Waals surface area contributed by atoms with E-state index in [9.17, 15) is 19.2 Å². The third-order valence-corrected chi connectivity index (χ3v) is 4.46. The number of anilines is 1. The van der Waals surface area contributed by atoms with Gasteiger partial charge in [-0.1, -0.05) is 0 Å². The van der Waals surface area contributed by atoms with Gasteiger partial charge in [0.1, 0.15) is 11.4 Å². The summed E-state index contributed by atoms with van der Waals surface area (Å²) in [5.74, 6) is -1.40. The first-order chi connectivity index (χ1) is 12.3. The second kappa shape index (κ2) is 5.16. The van der Waals surface area contributed by atoms with Gasteiger partial charge in [0, 0.05) is 17.5 Å².